The molecule has 1 aromatic carbocycles. The first kappa shape index (κ1) is 14.3. The van der Waals surface area contributed by atoms with Gasteiger partial charge >= 0.3 is 0 Å². The van der Waals surface area contributed by atoms with Crippen LogP contribution in [0.5, 0.6) is 11.5 Å². The van der Waals surface area contributed by atoms with Crippen LogP contribution in [0.4, 0.5) is 0 Å². The highest BCUT2D eigenvalue weighted by Gasteiger charge is 2.04. The Morgan fingerprint density at radius 3 is 2.67 bits per heavy atom. The molecule has 0 heterocycles. The number of hydrogen-bond donors (Lipinski definition) is 4. The van der Waals surface area contributed by atoms with E-state index in [2.05, 4.69) is 10.6 Å². The number of carbonyl (C=O) groups is 1. The molecule has 100 valence electrons. The van der Waals surface area contributed by atoms with Gasteiger partial charge in [0.05, 0.1) is 0 Å². The third kappa shape index (κ3) is 5.05. The molecule has 0 bridgehead atoms. The molecule has 1 amide bonds. The average molecular weight is 252 g/mol. The first-order valence-corrected chi connectivity index (χ1v) is 6.00. The lowest BCUT2D eigenvalue weighted by Gasteiger charge is -2.09. The molecule has 0 aliphatic heterocycles. The van der Waals surface area contributed by atoms with Gasteiger partial charge in [0.15, 0.2) is 0 Å². The monoisotopic (exact) mass is 252 g/mol. The molecule has 0 saturated carbocycles. The molecule has 0 saturated heterocycles. The van der Waals surface area contributed by atoms with Crippen LogP contribution in [0.15, 0.2) is 18.2 Å². The Kier molecular flexibility index (Phi) is 5.45. The third-order valence-corrected chi connectivity index (χ3v) is 2.36. The predicted molar refractivity (Wildman–Crippen MR) is 69.4 cm³/mol. The first-order chi connectivity index (χ1) is 8.49. The van der Waals surface area contributed by atoms with Crippen LogP contribution in [0.25, 0.3) is 0 Å². The second kappa shape index (κ2) is 6.86. The van der Waals surface area contributed by atoms with Gasteiger partial charge < -0.3 is 20.8 Å². The molecule has 0 fully saturated rings. The van der Waals surface area contributed by atoms with E-state index in [9.17, 15) is 9.90 Å². The van der Waals surface area contributed by atoms with Gasteiger partial charge in [-0.2, -0.15) is 0 Å². The van der Waals surface area contributed by atoms with Gasteiger partial charge in [0.25, 0.3) is 0 Å². The lowest BCUT2D eigenvalue weighted by Crippen LogP contribution is -2.32. The van der Waals surface area contributed by atoms with Crippen molar-refractivity contribution in [3.05, 3.63) is 23.8 Å². The minimum Gasteiger partial charge on any atom is -0.508 e. The zero-order chi connectivity index (χ0) is 13.5. The van der Waals surface area contributed by atoms with Gasteiger partial charge in [-0.05, 0) is 19.9 Å². The number of benzene rings is 1. The standard InChI is InChI=1S/C13H20N2O3/c1-9(2)15-13(18)5-6-14-8-10-3-4-11(16)7-12(10)17/h3-4,7,9,14,16-17H,5-6,8H2,1-2H3,(H,15,18). The second-order valence-corrected chi connectivity index (χ2v) is 4.46. The number of phenols is 2. The summed E-state index contributed by atoms with van der Waals surface area (Å²) < 4.78 is 0. The fraction of sp³-hybridized carbons (Fsp3) is 0.462. The van der Waals surface area contributed by atoms with Crippen LogP contribution in [0.3, 0.4) is 0 Å². The fourth-order valence-electron chi connectivity index (χ4n) is 1.52. The molecule has 0 aliphatic carbocycles. The molecular weight excluding hydrogens is 232 g/mol. The van der Waals surface area contributed by atoms with Gasteiger partial charge in [-0.15, -0.1) is 0 Å². The Balaban J connectivity index is 2.27. The Bertz CT molecular complexity index is 405. The second-order valence-electron chi connectivity index (χ2n) is 4.46. The number of aromatic hydroxyl groups is 2. The average Bonchev–Trinajstić information content (AvgIpc) is 2.25. The molecule has 0 aliphatic rings. The summed E-state index contributed by atoms with van der Waals surface area (Å²) in [7, 11) is 0. The Morgan fingerprint density at radius 1 is 1.33 bits per heavy atom. The van der Waals surface area contributed by atoms with Crippen LogP contribution in [-0.2, 0) is 11.3 Å². The third-order valence-electron chi connectivity index (χ3n) is 2.36. The van der Waals surface area contributed by atoms with Crippen molar-refractivity contribution < 1.29 is 15.0 Å². The molecule has 1 rings (SSSR count). The topological polar surface area (TPSA) is 81.6 Å². The summed E-state index contributed by atoms with van der Waals surface area (Å²) in [5.74, 6) is 0.0918. The van der Waals surface area contributed by atoms with E-state index in [1.807, 2.05) is 13.8 Å². The number of hydrogen-bond acceptors (Lipinski definition) is 4. The number of amides is 1. The summed E-state index contributed by atoms with van der Waals surface area (Å²) in [5.41, 5.74) is 0.692. The summed E-state index contributed by atoms with van der Waals surface area (Å²) in [6.45, 7) is 4.83. The predicted octanol–water partition coefficient (Wildman–Crippen LogP) is 1.10. The van der Waals surface area contributed by atoms with E-state index >= 15 is 0 Å². The molecule has 0 atom stereocenters. The van der Waals surface area contributed by atoms with Crippen LogP contribution in [0.2, 0.25) is 0 Å². The summed E-state index contributed by atoms with van der Waals surface area (Å²) >= 11 is 0. The van der Waals surface area contributed by atoms with Crippen LogP contribution in [0, 0.1) is 0 Å². The first-order valence-electron chi connectivity index (χ1n) is 6.00. The minimum atomic E-state index is 0.00688. The maximum absolute atomic E-state index is 11.3. The molecule has 0 unspecified atom stereocenters. The zero-order valence-electron chi connectivity index (χ0n) is 10.7. The summed E-state index contributed by atoms with van der Waals surface area (Å²) in [6.07, 6.45) is 0.400. The summed E-state index contributed by atoms with van der Waals surface area (Å²) in [6, 6.07) is 4.61. The quantitative estimate of drug-likeness (QED) is 0.571. The van der Waals surface area contributed by atoms with Gasteiger partial charge in [0, 0.05) is 37.2 Å². The highest BCUT2D eigenvalue weighted by atomic mass is 16.3. The molecule has 5 nitrogen and oxygen atoms in total. The van der Waals surface area contributed by atoms with Crippen molar-refractivity contribution in [2.24, 2.45) is 0 Å². The van der Waals surface area contributed by atoms with E-state index in [1.165, 1.54) is 12.1 Å². The largest absolute Gasteiger partial charge is 0.508 e. The normalized spacial score (nSPS) is 10.6. The SMILES string of the molecule is CC(C)NC(=O)CCNCc1ccc(O)cc1O. The van der Waals surface area contributed by atoms with Crippen molar-refractivity contribution in [2.75, 3.05) is 6.54 Å². The van der Waals surface area contributed by atoms with Crippen LogP contribution < -0.4 is 10.6 Å². The van der Waals surface area contributed by atoms with Crippen LogP contribution >= 0.6 is 0 Å². The molecule has 0 radical (unpaired) electrons. The molecule has 5 heteroatoms. The molecule has 18 heavy (non-hydrogen) atoms. The van der Waals surface area contributed by atoms with Crippen molar-refractivity contribution >= 4 is 5.91 Å². The van der Waals surface area contributed by atoms with Gasteiger partial charge in [0.1, 0.15) is 11.5 Å². The number of phenolic OH excluding ortho intramolecular Hbond substituents is 2. The van der Waals surface area contributed by atoms with E-state index in [1.54, 1.807) is 6.07 Å². The van der Waals surface area contributed by atoms with Crippen LogP contribution in [-0.4, -0.2) is 28.7 Å². The van der Waals surface area contributed by atoms with Crippen molar-refractivity contribution in [3.8, 4) is 11.5 Å². The number of nitrogens with one attached hydrogen (secondary N) is 2. The lowest BCUT2D eigenvalue weighted by molar-refractivity contribution is -0.121. The van der Waals surface area contributed by atoms with Gasteiger partial charge in [-0.1, -0.05) is 6.07 Å². The van der Waals surface area contributed by atoms with Crippen molar-refractivity contribution in [3.63, 3.8) is 0 Å². The highest BCUT2D eigenvalue weighted by molar-refractivity contribution is 5.76. The Labute approximate surface area is 107 Å². The molecule has 4 N–H and O–H groups in total. The minimum absolute atomic E-state index is 0.00688. The number of carbonyl (C=O) groups excluding carboxylic acids is 1. The van der Waals surface area contributed by atoms with E-state index in [0.717, 1.165) is 0 Å². The van der Waals surface area contributed by atoms with E-state index < -0.39 is 0 Å². The lowest BCUT2D eigenvalue weighted by atomic mass is 10.2. The fourth-order valence-corrected chi connectivity index (χ4v) is 1.52. The van der Waals surface area contributed by atoms with Crippen molar-refractivity contribution in [1.82, 2.24) is 10.6 Å². The molecule has 0 spiro atoms. The maximum atomic E-state index is 11.3. The maximum Gasteiger partial charge on any atom is 0.221 e. The molecule has 0 aromatic heterocycles. The highest BCUT2D eigenvalue weighted by Crippen LogP contribution is 2.22. The molecular formula is C13H20N2O3. The van der Waals surface area contributed by atoms with Gasteiger partial charge in [-0.25, -0.2) is 0 Å². The smallest absolute Gasteiger partial charge is 0.221 e. The zero-order valence-corrected chi connectivity index (χ0v) is 10.7. The summed E-state index contributed by atoms with van der Waals surface area (Å²) in [4.78, 5) is 11.3. The van der Waals surface area contributed by atoms with Crippen molar-refractivity contribution in [1.29, 1.82) is 0 Å². The van der Waals surface area contributed by atoms with Crippen LogP contribution in [0.1, 0.15) is 25.8 Å². The van der Waals surface area contributed by atoms with Crippen molar-refractivity contribution in [2.45, 2.75) is 32.9 Å². The number of rotatable bonds is 6. The van der Waals surface area contributed by atoms with E-state index in [0.29, 0.717) is 25.1 Å². The summed E-state index contributed by atoms with van der Waals surface area (Å²) in [5, 5.41) is 24.5. The van der Waals surface area contributed by atoms with E-state index in [-0.39, 0.29) is 23.4 Å². The Hall–Kier alpha value is -1.75. The molecule has 1 aromatic rings. The van der Waals surface area contributed by atoms with Gasteiger partial charge in [-0.3, -0.25) is 4.79 Å². The van der Waals surface area contributed by atoms with Gasteiger partial charge in [0.2, 0.25) is 5.91 Å². The van der Waals surface area contributed by atoms with E-state index in [4.69, 9.17) is 5.11 Å². The Morgan fingerprint density at radius 2 is 2.06 bits per heavy atom.